The number of hydrogen-bond acceptors (Lipinski definition) is 7. The molecule has 0 saturated heterocycles. The molecule has 8 nitrogen and oxygen atoms in total. The Balaban J connectivity index is 1.46. The van der Waals surface area contributed by atoms with E-state index >= 15 is 0 Å². The van der Waals surface area contributed by atoms with Crippen LogP contribution in [0.3, 0.4) is 0 Å². The first-order chi connectivity index (χ1) is 14.6. The number of anilines is 2. The standard InChI is InChI=1S/C19H10Cl2FN7O/c20-14-4-2-12-18(28-14)19(25-8-23-12)27-11-1-3-13(16(21)17(11)22)30-10-5-6-29-15(7-10)24-9-26-29/h1-9H,(H,23,25,27). The van der Waals surface area contributed by atoms with Gasteiger partial charge >= 0.3 is 0 Å². The van der Waals surface area contributed by atoms with E-state index in [1.165, 1.54) is 18.7 Å². The van der Waals surface area contributed by atoms with Gasteiger partial charge in [-0.25, -0.2) is 28.8 Å². The Labute approximate surface area is 178 Å². The summed E-state index contributed by atoms with van der Waals surface area (Å²) in [5.74, 6) is 0.186. The molecule has 4 heterocycles. The monoisotopic (exact) mass is 441 g/mol. The predicted molar refractivity (Wildman–Crippen MR) is 110 cm³/mol. The number of nitrogens with zero attached hydrogens (tertiary/aromatic N) is 6. The average Bonchev–Trinajstić information content (AvgIpc) is 3.22. The molecule has 1 N–H and O–H groups in total. The molecule has 0 amide bonds. The zero-order chi connectivity index (χ0) is 20.7. The number of halogens is 3. The SMILES string of the molecule is Fc1c(Nc2ncnc3ccc(Cl)nc23)ccc(Oc2ccn3ncnc3c2)c1Cl. The van der Waals surface area contributed by atoms with Crippen molar-refractivity contribution in [2.45, 2.75) is 0 Å². The molecule has 0 radical (unpaired) electrons. The van der Waals surface area contributed by atoms with Crippen molar-refractivity contribution in [3.8, 4) is 11.5 Å². The third-order valence-electron chi connectivity index (χ3n) is 4.23. The van der Waals surface area contributed by atoms with E-state index in [0.717, 1.165) is 0 Å². The van der Waals surface area contributed by atoms with E-state index in [1.807, 2.05) is 0 Å². The van der Waals surface area contributed by atoms with Crippen LogP contribution in [0.4, 0.5) is 15.9 Å². The molecular formula is C19H10Cl2FN7O. The van der Waals surface area contributed by atoms with Crippen LogP contribution in [0.1, 0.15) is 0 Å². The first kappa shape index (κ1) is 18.5. The predicted octanol–water partition coefficient (Wildman–Crippen LogP) is 5.05. The summed E-state index contributed by atoms with van der Waals surface area (Å²) in [6.07, 6.45) is 4.44. The molecule has 0 aliphatic heterocycles. The summed E-state index contributed by atoms with van der Waals surface area (Å²) in [5.41, 5.74) is 1.65. The highest BCUT2D eigenvalue weighted by molar-refractivity contribution is 6.32. The minimum absolute atomic E-state index is 0.0991. The van der Waals surface area contributed by atoms with Crippen LogP contribution in [0.5, 0.6) is 11.5 Å². The number of hydrogen-bond donors (Lipinski definition) is 1. The maximum absolute atomic E-state index is 14.9. The number of ether oxygens (including phenoxy) is 1. The summed E-state index contributed by atoms with van der Waals surface area (Å²) < 4.78 is 22.2. The number of aromatic nitrogens is 6. The van der Waals surface area contributed by atoms with Gasteiger partial charge < -0.3 is 10.1 Å². The van der Waals surface area contributed by atoms with E-state index in [-0.39, 0.29) is 21.6 Å². The second-order valence-electron chi connectivity index (χ2n) is 6.12. The molecular weight excluding hydrogens is 432 g/mol. The zero-order valence-electron chi connectivity index (χ0n) is 14.9. The van der Waals surface area contributed by atoms with Gasteiger partial charge in [-0.2, -0.15) is 5.10 Å². The average molecular weight is 442 g/mol. The van der Waals surface area contributed by atoms with Gasteiger partial charge in [0.05, 0.1) is 11.2 Å². The first-order valence-electron chi connectivity index (χ1n) is 8.58. The second-order valence-corrected chi connectivity index (χ2v) is 6.88. The molecule has 30 heavy (non-hydrogen) atoms. The number of rotatable bonds is 4. The van der Waals surface area contributed by atoms with E-state index in [4.69, 9.17) is 27.9 Å². The molecule has 0 fully saturated rings. The molecule has 0 bridgehead atoms. The van der Waals surface area contributed by atoms with Crippen molar-refractivity contribution in [3.63, 3.8) is 0 Å². The van der Waals surface area contributed by atoms with Crippen molar-refractivity contribution in [3.05, 3.63) is 71.2 Å². The van der Waals surface area contributed by atoms with Crippen LogP contribution in [-0.2, 0) is 0 Å². The van der Waals surface area contributed by atoms with E-state index in [2.05, 4.69) is 30.4 Å². The molecule has 0 aliphatic carbocycles. The van der Waals surface area contributed by atoms with Crippen LogP contribution in [0.25, 0.3) is 16.7 Å². The van der Waals surface area contributed by atoms with Crippen molar-refractivity contribution < 1.29 is 9.13 Å². The van der Waals surface area contributed by atoms with Crippen molar-refractivity contribution in [1.29, 1.82) is 0 Å². The maximum Gasteiger partial charge on any atom is 0.169 e. The molecule has 4 aromatic heterocycles. The molecule has 0 atom stereocenters. The third-order valence-corrected chi connectivity index (χ3v) is 4.79. The first-order valence-corrected chi connectivity index (χ1v) is 9.33. The summed E-state index contributed by atoms with van der Waals surface area (Å²) in [6.45, 7) is 0. The Bertz CT molecular complexity index is 1410. The van der Waals surface area contributed by atoms with Crippen molar-refractivity contribution in [2.24, 2.45) is 0 Å². The van der Waals surface area contributed by atoms with Gasteiger partial charge in [-0.05, 0) is 30.3 Å². The van der Waals surface area contributed by atoms with Crippen LogP contribution >= 0.6 is 23.2 Å². The lowest BCUT2D eigenvalue weighted by Gasteiger charge is -2.13. The summed E-state index contributed by atoms with van der Waals surface area (Å²) in [6, 6.07) is 9.68. The topological polar surface area (TPSA) is 90.1 Å². The van der Waals surface area contributed by atoms with Gasteiger partial charge in [0, 0.05) is 12.3 Å². The smallest absolute Gasteiger partial charge is 0.169 e. The molecule has 1 aromatic carbocycles. The number of nitrogens with one attached hydrogen (secondary N) is 1. The highest BCUT2D eigenvalue weighted by Crippen LogP contribution is 2.36. The highest BCUT2D eigenvalue weighted by Gasteiger charge is 2.16. The molecule has 0 spiro atoms. The van der Waals surface area contributed by atoms with Gasteiger partial charge in [-0.1, -0.05) is 23.2 Å². The Morgan fingerprint density at radius 2 is 1.90 bits per heavy atom. The summed E-state index contributed by atoms with van der Waals surface area (Å²) >= 11 is 12.2. The quantitative estimate of drug-likeness (QED) is 0.390. The number of benzene rings is 1. The van der Waals surface area contributed by atoms with E-state index in [1.54, 1.807) is 41.0 Å². The van der Waals surface area contributed by atoms with Crippen LogP contribution in [-0.4, -0.2) is 29.5 Å². The van der Waals surface area contributed by atoms with Crippen LogP contribution in [0, 0.1) is 5.82 Å². The van der Waals surface area contributed by atoms with E-state index in [9.17, 15) is 4.39 Å². The highest BCUT2D eigenvalue weighted by atomic mass is 35.5. The molecule has 0 saturated carbocycles. The fraction of sp³-hybridized carbons (Fsp3) is 0. The minimum atomic E-state index is -0.702. The summed E-state index contributed by atoms with van der Waals surface area (Å²) in [7, 11) is 0. The Hall–Kier alpha value is -3.56. The molecule has 5 rings (SSSR count). The number of fused-ring (bicyclic) bond motifs is 2. The normalized spacial score (nSPS) is 11.2. The van der Waals surface area contributed by atoms with Crippen LogP contribution in [0.15, 0.2) is 55.2 Å². The minimum Gasteiger partial charge on any atom is -0.455 e. The van der Waals surface area contributed by atoms with Gasteiger partial charge in [-0.3, -0.25) is 0 Å². The Kier molecular flexibility index (Phi) is 4.53. The van der Waals surface area contributed by atoms with Crippen molar-refractivity contribution in [1.82, 2.24) is 29.5 Å². The third kappa shape index (κ3) is 3.34. The second kappa shape index (κ2) is 7.36. The number of pyridine rings is 2. The largest absolute Gasteiger partial charge is 0.455 e. The lowest BCUT2D eigenvalue weighted by Crippen LogP contribution is -2.00. The van der Waals surface area contributed by atoms with Gasteiger partial charge in [0.15, 0.2) is 17.3 Å². The lowest BCUT2D eigenvalue weighted by atomic mass is 10.2. The lowest BCUT2D eigenvalue weighted by molar-refractivity contribution is 0.477. The van der Waals surface area contributed by atoms with E-state index in [0.29, 0.717) is 28.2 Å². The van der Waals surface area contributed by atoms with Gasteiger partial charge in [-0.15, -0.1) is 0 Å². The molecule has 0 aliphatic rings. The summed E-state index contributed by atoms with van der Waals surface area (Å²) in [5, 5.41) is 6.98. The zero-order valence-corrected chi connectivity index (χ0v) is 16.4. The fourth-order valence-corrected chi connectivity index (χ4v) is 3.18. The van der Waals surface area contributed by atoms with Crippen LogP contribution in [0.2, 0.25) is 10.2 Å². The van der Waals surface area contributed by atoms with Crippen molar-refractivity contribution in [2.75, 3.05) is 5.32 Å². The fourth-order valence-electron chi connectivity index (χ4n) is 2.83. The van der Waals surface area contributed by atoms with E-state index < -0.39 is 5.82 Å². The maximum atomic E-state index is 14.9. The van der Waals surface area contributed by atoms with Crippen LogP contribution < -0.4 is 10.1 Å². The molecule has 148 valence electrons. The molecule has 0 unspecified atom stereocenters. The Morgan fingerprint density at radius 1 is 1.00 bits per heavy atom. The van der Waals surface area contributed by atoms with Gasteiger partial charge in [0.2, 0.25) is 0 Å². The van der Waals surface area contributed by atoms with Gasteiger partial charge in [0.25, 0.3) is 0 Å². The Morgan fingerprint density at radius 3 is 2.80 bits per heavy atom. The summed E-state index contributed by atoms with van der Waals surface area (Å²) in [4.78, 5) is 16.5. The molecule has 5 aromatic rings. The van der Waals surface area contributed by atoms with Crippen molar-refractivity contribution >= 4 is 51.4 Å². The molecule has 11 heteroatoms. The van der Waals surface area contributed by atoms with Gasteiger partial charge in [0.1, 0.15) is 39.8 Å².